The summed E-state index contributed by atoms with van der Waals surface area (Å²) in [5, 5.41) is 7.35. The molecule has 126 valence electrons. The van der Waals surface area contributed by atoms with Crippen LogP contribution in [0.5, 0.6) is 0 Å². The average Bonchev–Trinajstić information content (AvgIpc) is 2.64. The van der Waals surface area contributed by atoms with E-state index in [1.54, 1.807) is 48.1 Å². The predicted octanol–water partition coefficient (Wildman–Crippen LogP) is 2.74. The van der Waals surface area contributed by atoms with Crippen LogP contribution in [0.1, 0.15) is 22.8 Å². The van der Waals surface area contributed by atoms with Crippen molar-refractivity contribution in [1.82, 2.24) is 0 Å². The Balaban J connectivity index is 2.54. The van der Waals surface area contributed by atoms with Crippen LogP contribution in [0.2, 0.25) is 0 Å². The highest BCUT2D eigenvalue weighted by Gasteiger charge is 2.24. The maximum atomic E-state index is 12.9. The van der Waals surface area contributed by atoms with Crippen molar-refractivity contribution in [2.75, 3.05) is 6.61 Å². The number of nitrogens with one attached hydrogen (secondary N) is 1. The second-order valence-corrected chi connectivity index (χ2v) is 5.27. The average molecular weight is 335 g/mol. The number of carbonyl (C=O) groups is 2. The number of pyridine rings is 1. The van der Waals surface area contributed by atoms with E-state index in [2.05, 4.69) is 5.87 Å². The SMILES string of the molecule is CCOC(=O)C(=C=N)C=C(C(=O)c1ccccc1)[n+]1ccc(C)cc1. The minimum Gasteiger partial charge on any atom is -0.462 e. The highest BCUT2D eigenvalue weighted by Crippen LogP contribution is 2.11. The van der Waals surface area contributed by atoms with Gasteiger partial charge in [-0.25, -0.2) is 4.79 Å². The molecule has 0 aliphatic carbocycles. The predicted molar refractivity (Wildman–Crippen MR) is 94.3 cm³/mol. The van der Waals surface area contributed by atoms with Gasteiger partial charge in [0.05, 0.1) is 6.61 Å². The Morgan fingerprint density at radius 1 is 1.16 bits per heavy atom. The van der Waals surface area contributed by atoms with Gasteiger partial charge in [0.25, 0.3) is 11.5 Å². The van der Waals surface area contributed by atoms with Crippen molar-refractivity contribution in [2.24, 2.45) is 0 Å². The van der Waals surface area contributed by atoms with Crippen LogP contribution in [0.4, 0.5) is 0 Å². The van der Waals surface area contributed by atoms with Crippen LogP contribution in [0.3, 0.4) is 0 Å². The third-order valence-electron chi connectivity index (χ3n) is 3.45. The summed E-state index contributed by atoms with van der Waals surface area (Å²) in [6, 6.07) is 12.5. The molecule has 0 amide bonds. The number of carbonyl (C=O) groups excluding carboxylic acids is 2. The quantitative estimate of drug-likeness (QED) is 0.220. The van der Waals surface area contributed by atoms with Crippen molar-refractivity contribution >= 4 is 23.3 Å². The van der Waals surface area contributed by atoms with Crippen molar-refractivity contribution < 1.29 is 18.9 Å². The van der Waals surface area contributed by atoms with Gasteiger partial charge in [-0.1, -0.05) is 30.3 Å². The molecule has 25 heavy (non-hydrogen) atoms. The lowest BCUT2D eigenvalue weighted by atomic mass is 10.1. The fraction of sp³-hybridized carbons (Fsp3) is 0.150. The topological polar surface area (TPSA) is 71.1 Å². The summed E-state index contributed by atoms with van der Waals surface area (Å²) in [4.78, 5) is 24.9. The molecule has 0 atom stereocenters. The van der Waals surface area contributed by atoms with E-state index in [1.807, 2.05) is 25.1 Å². The van der Waals surface area contributed by atoms with Gasteiger partial charge in [0.2, 0.25) is 0 Å². The summed E-state index contributed by atoms with van der Waals surface area (Å²) >= 11 is 0. The number of rotatable bonds is 6. The lowest BCUT2D eigenvalue weighted by Crippen LogP contribution is -2.36. The standard InChI is InChI=1S/C20H19N2O3/c1-3-25-20(24)17(14-21)13-18(22-11-9-15(2)10-12-22)19(23)16-7-5-4-6-8-16/h4-13,21H,3H2,1-2H3/q+1. The normalized spacial score (nSPS) is 10.7. The first-order chi connectivity index (χ1) is 12.1. The van der Waals surface area contributed by atoms with E-state index in [0.29, 0.717) is 5.56 Å². The monoisotopic (exact) mass is 335 g/mol. The largest absolute Gasteiger partial charge is 0.462 e. The molecule has 2 aromatic rings. The molecule has 1 heterocycles. The number of esters is 1. The number of aromatic nitrogens is 1. The summed E-state index contributed by atoms with van der Waals surface area (Å²) in [5.74, 6) is 1.09. The van der Waals surface area contributed by atoms with Crippen molar-refractivity contribution in [2.45, 2.75) is 13.8 Å². The number of nitrogens with zero attached hydrogens (tertiary/aromatic N) is 1. The van der Waals surface area contributed by atoms with Crippen LogP contribution in [0.15, 0.2) is 66.5 Å². The molecule has 5 heteroatoms. The number of Topliss-reactive ketones (excluding diaryl/α,β-unsaturated/α-hetero) is 1. The van der Waals surface area contributed by atoms with E-state index in [0.717, 1.165) is 5.56 Å². The third kappa shape index (κ3) is 4.59. The summed E-state index contributed by atoms with van der Waals surface area (Å²) in [5.41, 5.74) is 1.63. The Morgan fingerprint density at radius 2 is 1.80 bits per heavy atom. The molecule has 5 nitrogen and oxygen atoms in total. The van der Waals surface area contributed by atoms with Crippen molar-refractivity contribution in [3.8, 4) is 0 Å². The molecule has 0 bridgehead atoms. The van der Waals surface area contributed by atoms with Gasteiger partial charge in [0, 0.05) is 23.8 Å². The molecule has 0 saturated carbocycles. The molecule has 0 spiro atoms. The number of aryl methyl sites for hydroxylation is 1. The summed E-state index contributed by atoms with van der Waals surface area (Å²) in [6.07, 6.45) is 4.79. The zero-order chi connectivity index (χ0) is 18.2. The second-order valence-electron chi connectivity index (χ2n) is 5.27. The van der Waals surface area contributed by atoms with Gasteiger partial charge in [-0.3, -0.25) is 10.2 Å². The maximum absolute atomic E-state index is 12.9. The van der Waals surface area contributed by atoms with Crippen molar-refractivity contribution in [1.29, 1.82) is 5.41 Å². The van der Waals surface area contributed by atoms with E-state index in [1.165, 1.54) is 6.08 Å². The van der Waals surface area contributed by atoms with Crippen LogP contribution < -0.4 is 4.57 Å². The lowest BCUT2D eigenvalue weighted by molar-refractivity contribution is -0.576. The van der Waals surface area contributed by atoms with E-state index >= 15 is 0 Å². The van der Waals surface area contributed by atoms with Gasteiger partial charge in [-0.2, -0.15) is 4.57 Å². The molecule has 2 rings (SSSR count). The summed E-state index contributed by atoms with van der Waals surface area (Å²) < 4.78 is 6.52. The molecule has 0 radical (unpaired) electrons. The number of benzene rings is 1. The Bertz CT molecular complexity index is 846. The highest BCUT2D eigenvalue weighted by atomic mass is 16.5. The fourth-order valence-corrected chi connectivity index (χ4v) is 2.15. The molecular formula is C20H19N2O3+. The second kappa shape index (κ2) is 8.52. The van der Waals surface area contributed by atoms with E-state index in [-0.39, 0.29) is 23.7 Å². The van der Waals surface area contributed by atoms with Gasteiger partial charge in [-0.15, -0.1) is 0 Å². The summed E-state index contributed by atoms with van der Waals surface area (Å²) in [7, 11) is 0. The molecule has 0 fully saturated rings. The first-order valence-electron chi connectivity index (χ1n) is 7.83. The Morgan fingerprint density at radius 3 is 2.36 bits per heavy atom. The van der Waals surface area contributed by atoms with Crippen molar-refractivity contribution in [3.63, 3.8) is 0 Å². The van der Waals surface area contributed by atoms with Crippen LogP contribution in [-0.2, 0) is 9.53 Å². The van der Waals surface area contributed by atoms with E-state index < -0.39 is 5.97 Å². The Labute approximate surface area is 146 Å². The number of ether oxygens (including phenoxy) is 1. The van der Waals surface area contributed by atoms with Gasteiger partial charge in [-0.05, 0) is 25.3 Å². The smallest absolute Gasteiger partial charge is 0.347 e. The molecule has 1 aromatic heterocycles. The molecule has 1 aromatic carbocycles. The Hall–Kier alpha value is -3.30. The number of hydrogen-bond donors (Lipinski definition) is 1. The molecule has 0 unspecified atom stereocenters. The lowest BCUT2D eigenvalue weighted by Gasteiger charge is -2.04. The highest BCUT2D eigenvalue weighted by molar-refractivity contribution is 6.23. The first-order valence-corrected chi connectivity index (χ1v) is 7.83. The summed E-state index contributed by atoms with van der Waals surface area (Å²) in [6.45, 7) is 3.79. The number of ketones is 1. The van der Waals surface area contributed by atoms with Crippen LogP contribution in [0, 0.1) is 12.3 Å². The van der Waals surface area contributed by atoms with Gasteiger partial charge < -0.3 is 4.74 Å². The minimum absolute atomic E-state index is 0.116. The van der Waals surface area contributed by atoms with Crippen LogP contribution in [-0.4, -0.2) is 24.2 Å². The molecule has 1 N–H and O–H groups in total. The Kier molecular flexibility index (Phi) is 6.15. The van der Waals surface area contributed by atoms with Crippen LogP contribution in [0.25, 0.3) is 5.70 Å². The fourth-order valence-electron chi connectivity index (χ4n) is 2.15. The van der Waals surface area contributed by atoms with Crippen LogP contribution >= 0.6 is 0 Å². The first kappa shape index (κ1) is 18.0. The van der Waals surface area contributed by atoms with Gasteiger partial charge >= 0.3 is 5.97 Å². The maximum Gasteiger partial charge on any atom is 0.347 e. The van der Waals surface area contributed by atoms with Gasteiger partial charge in [0.1, 0.15) is 5.57 Å². The molecule has 0 aliphatic rings. The van der Waals surface area contributed by atoms with E-state index in [9.17, 15) is 9.59 Å². The number of hydrogen-bond acceptors (Lipinski definition) is 4. The van der Waals surface area contributed by atoms with E-state index in [4.69, 9.17) is 10.1 Å². The molecule has 0 aliphatic heterocycles. The zero-order valence-corrected chi connectivity index (χ0v) is 14.2. The van der Waals surface area contributed by atoms with Gasteiger partial charge in [0.15, 0.2) is 12.4 Å². The number of allylic oxidation sites excluding steroid dienone is 1. The minimum atomic E-state index is -0.691. The molecule has 0 saturated heterocycles. The molecular weight excluding hydrogens is 316 g/mol. The van der Waals surface area contributed by atoms with Crippen molar-refractivity contribution in [3.05, 3.63) is 77.6 Å². The zero-order valence-electron chi connectivity index (χ0n) is 14.2. The third-order valence-corrected chi connectivity index (χ3v) is 3.45.